The Morgan fingerprint density at radius 3 is 1.00 bits per heavy atom. The van der Waals surface area contributed by atoms with Crippen molar-refractivity contribution in [3.63, 3.8) is 0 Å². The molecule has 0 saturated carbocycles. The quantitative estimate of drug-likeness (QED) is 0.636. The molecule has 0 fully saturated rings. The maximum Gasteiger partial charge on any atom is 0 e. The summed E-state index contributed by atoms with van der Waals surface area (Å²) in [7, 11) is 0. The van der Waals surface area contributed by atoms with E-state index in [0.717, 1.165) is 0 Å². The first-order valence-corrected chi connectivity index (χ1v) is 0. The fourth-order valence-electron chi connectivity index (χ4n) is 0. The molecule has 0 rings (SSSR count). The minimum absolute atomic E-state index is 0. The first kappa shape index (κ1) is 43.9. The van der Waals surface area contributed by atoms with E-state index in [1.807, 2.05) is 0 Å². The summed E-state index contributed by atoms with van der Waals surface area (Å²) in [6, 6.07) is 0. The van der Waals surface area contributed by atoms with Crippen molar-refractivity contribution >= 4 is 13.5 Å². The Labute approximate surface area is 61.5 Å². The van der Waals surface area contributed by atoms with Gasteiger partial charge in [-0.15, -0.1) is 0 Å². The van der Waals surface area contributed by atoms with Crippen molar-refractivity contribution in [1.82, 2.24) is 6.15 Å². The Morgan fingerprint density at radius 2 is 1.00 bits per heavy atom. The van der Waals surface area contributed by atoms with Crippen molar-refractivity contribution < 1.29 is 42.1 Å². The molecule has 0 bridgehead atoms. The minimum Gasteiger partial charge on any atom is -0.344 e. The molecule has 0 spiro atoms. The van der Waals surface area contributed by atoms with E-state index in [2.05, 4.69) is 0 Å². The van der Waals surface area contributed by atoms with E-state index >= 15 is 0 Å². The molecule has 4 heteroatoms. The third-order valence-electron chi connectivity index (χ3n) is 0. The third kappa shape index (κ3) is 9.35. The maximum atomic E-state index is 0. The molecule has 0 amide bonds. The molecule has 1 nitrogen and oxygen atoms in total. The Morgan fingerprint density at radius 1 is 1.00 bits per heavy atom. The van der Waals surface area contributed by atoms with Crippen LogP contribution in [0.15, 0.2) is 0 Å². The summed E-state index contributed by atoms with van der Waals surface area (Å²) in [5.74, 6) is 0. The summed E-state index contributed by atoms with van der Waals surface area (Å²) in [6.07, 6.45) is 0. The molecular weight excluding hydrogens is 326 g/mol. The SMILES string of the molecule is N.S.[Mo].[W]. The zero-order valence-electron chi connectivity index (χ0n) is 2.02. The molecule has 0 atom stereocenters. The van der Waals surface area contributed by atoms with Crippen molar-refractivity contribution in [2.24, 2.45) is 0 Å². The van der Waals surface area contributed by atoms with Crippen molar-refractivity contribution in [1.29, 1.82) is 0 Å². The van der Waals surface area contributed by atoms with E-state index in [1.165, 1.54) is 0 Å². The Balaban J connectivity index is 0. The zero-order valence-corrected chi connectivity index (χ0v) is 7.96. The standard InChI is InChI=1S/Mo.H3N.H2S.W/h;1H3;1H2;. The summed E-state index contributed by atoms with van der Waals surface area (Å²) < 4.78 is 0. The molecule has 0 aliphatic rings. The summed E-state index contributed by atoms with van der Waals surface area (Å²) in [5, 5.41) is 0. The van der Waals surface area contributed by atoms with Crippen LogP contribution in [0.4, 0.5) is 0 Å². The Kier molecular flexibility index (Phi) is 246. The van der Waals surface area contributed by atoms with Gasteiger partial charge in [-0.3, -0.25) is 0 Å². The number of hydrogen-bond donors (Lipinski definition) is 1. The van der Waals surface area contributed by atoms with Gasteiger partial charge in [0.2, 0.25) is 0 Å². The molecule has 0 aromatic carbocycles. The van der Waals surface area contributed by atoms with Crippen LogP contribution in [0.3, 0.4) is 0 Å². The second kappa shape index (κ2) is 22.4. The second-order valence-corrected chi connectivity index (χ2v) is 0. The van der Waals surface area contributed by atoms with Gasteiger partial charge < -0.3 is 6.15 Å². The average Bonchev–Trinajstić information content (AvgIpc) is 0. The van der Waals surface area contributed by atoms with Gasteiger partial charge in [-0.2, -0.15) is 13.5 Å². The van der Waals surface area contributed by atoms with Crippen molar-refractivity contribution in [3.05, 3.63) is 0 Å². The van der Waals surface area contributed by atoms with Gasteiger partial charge >= 0.3 is 0 Å². The second-order valence-electron chi connectivity index (χ2n) is 0. The molecule has 3 N–H and O–H groups in total. The predicted molar refractivity (Wildman–Crippen MR) is 15.4 cm³/mol. The molecule has 4 heavy (non-hydrogen) atoms. The summed E-state index contributed by atoms with van der Waals surface area (Å²) in [6.45, 7) is 0. The number of rotatable bonds is 0. The molecular formula is H5MoNSW. The summed E-state index contributed by atoms with van der Waals surface area (Å²) >= 11 is 0. The largest absolute Gasteiger partial charge is 0.344 e. The predicted octanol–water partition coefficient (Wildman–Crippen LogP) is 0.270. The third-order valence-corrected chi connectivity index (χ3v) is 0. The van der Waals surface area contributed by atoms with Gasteiger partial charge in [0.25, 0.3) is 0 Å². The normalized spacial score (nSPS) is 0. The van der Waals surface area contributed by atoms with Gasteiger partial charge in [0.1, 0.15) is 0 Å². The van der Waals surface area contributed by atoms with Crippen LogP contribution in [0, 0.1) is 0 Å². The molecule has 0 aromatic rings. The smallest absolute Gasteiger partial charge is 0 e. The Bertz CT molecular complexity index is 8.00. The minimum atomic E-state index is 0. The molecule has 0 heterocycles. The summed E-state index contributed by atoms with van der Waals surface area (Å²) in [4.78, 5) is 0. The monoisotopic (exact) mass is 333 g/mol. The van der Waals surface area contributed by atoms with E-state index in [1.54, 1.807) is 0 Å². The van der Waals surface area contributed by atoms with Gasteiger partial charge in [-0.05, 0) is 0 Å². The topological polar surface area (TPSA) is 35.0 Å². The summed E-state index contributed by atoms with van der Waals surface area (Å²) in [5.41, 5.74) is 0. The average molecular weight is 331 g/mol. The molecule has 0 aliphatic carbocycles. The first-order chi connectivity index (χ1) is 0. The van der Waals surface area contributed by atoms with Crippen LogP contribution in [0.5, 0.6) is 0 Å². The van der Waals surface area contributed by atoms with Gasteiger partial charge in [0, 0.05) is 42.1 Å². The molecule has 0 aliphatic heterocycles. The molecule has 0 aromatic heterocycles. The van der Waals surface area contributed by atoms with E-state index in [9.17, 15) is 0 Å². The van der Waals surface area contributed by atoms with Gasteiger partial charge in [-0.1, -0.05) is 0 Å². The molecule has 0 saturated heterocycles. The van der Waals surface area contributed by atoms with Gasteiger partial charge in [0.15, 0.2) is 0 Å². The number of hydrogen-bond acceptors (Lipinski definition) is 1. The van der Waals surface area contributed by atoms with Crippen LogP contribution < -0.4 is 6.15 Å². The fourth-order valence-corrected chi connectivity index (χ4v) is 0. The van der Waals surface area contributed by atoms with Crippen LogP contribution in [0.25, 0.3) is 0 Å². The van der Waals surface area contributed by atoms with Crippen LogP contribution >= 0.6 is 13.5 Å². The van der Waals surface area contributed by atoms with Crippen molar-refractivity contribution in [2.75, 3.05) is 0 Å². The molecule has 0 unspecified atom stereocenters. The molecule has 28 valence electrons. The van der Waals surface area contributed by atoms with E-state index < -0.39 is 0 Å². The first-order valence-electron chi connectivity index (χ1n) is 0. The van der Waals surface area contributed by atoms with Crippen LogP contribution in [-0.2, 0) is 42.1 Å². The van der Waals surface area contributed by atoms with Crippen LogP contribution in [0.1, 0.15) is 0 Å². The maximum absolute atomic E-state index is 0. The Hall–Kier alpha value is 1.69. The van der Waals surface area contributed by atoms with E-state index in [-0.39, 0.29) is 61.8 Å². The van der Waals surface area contributed by atoms with Crippen LogP contribution in [0.2, 0.25) is 0 Å². The van der Waals surface area contributed by atoms with Gasteiger partial charge in [-0.25, -0.2) is 0 Å². The fraction of sp³-hybridized carbons (Fsp3) is 0. The van der Waals surface area contributed by atoms with Gasteiger partial charge in [0.05, 0.1) is 0 Å². The van der Waals surface area contributed by atoms with E-state index in [4.69, 9.17) is 0 Å². The van der Waals surface area contributed by atoms with Crippen molar-refractivity contribution in [3.8, 4) is 0 Å². The van der Waals surface area contributed by atoms with Crippen LogP contribution in [-0.4, -0.2) is 0 Å². The van der Waals surface area contributed by atoms with Crippen molar-refractivity contribution in [2.45, 2.75) is 0 Å². The van der Waals surface area contributed by atoms with E-state index in [0.29, 0.717) is 0 Å². The zero-order chi connectivity index (χ0) is 0. The molecule has 0 radical (unpaired) electrons.